The topological polar surface area (TPSA) is 105 Å². The van der Waals surface area contributed by atoms with Gasteiger partial charge in [0.2, 0.25) is 0 Å². The van der Waals surface area contributed by atoms with E-state index < -0.39 is 10.8 Å². The van der Waals surface area contributed by atoms with Crippen molar-refractivity contribution < 1.29 is 0 Å². The largest absolute Gasteiger partial charge is 0.261 e. The quantitative estimate of drug-likeness (QED) is 0.405. The molecule has 3 aromatic heterocycles. The first-order valence-electron chi connectivity index (χ1n) is 10.7. The lowest BCUT2D eigenvalue weighted by Gasteiger charge is -2.40. The highest BCUT2D eigenvalue weighted by Gasteiger charge is 2.47. The van der Waals surface area contributed by atoms with E-state index in [-0.39, 0.29) is 0 Å². The lowest BCUT2D eigenvalue weighted by atomic mass is 9.67. The Labute approximate surface area is 183 Å². The number of benzene rings is 2. The van der Waals surface area contributed by atoms with E-state index in [1.54, 1.807) is 0 Å². The first-order valence-corrected chi connectivity index (χ1v) is 10.7. The average Bonchev–Trinajstić information content (AvgIpc) is 3.41. The molecular formula is C24H20N8. The van der Waals surface area contributed by atoms with Gasteiger partial charge < -0.3 is 0 Å². The van der Waals surface area contributed by atoms with Gasteiger partial charge in [0.1, 0.15) is 11.0 Å². The summed E-state index contributed by atoms with van der Waals surface area (Å²) in [7, 11) is 0. The third kappa shape index (κ3) is 2.14. The minimum absolute atomic E-state index is 0.448. The number of aliphatic imine (C=N–C) groups is 1. The SMILES string of the molecule is CC1(C)c2nc3cc4c(cc3nc2C(C)(C)c2nc3cc5n[nH]nc5cc3nc21)N=CC4. The van der Waals surface area contributed by atoms with Gasteiger partial charge in [-0.2, -0.15) is 15.4 Å². The number of hydrogen-bond donors (Lipinski definition) is 1. The number of fused-ring (bicyclic) bond motifs is 6. The summed E-state index contributed by atoms with van der Waals surface area (Å²) in [6.07, 6.45) is 2.79. The molecule has 156 valence electrons. The third-order valence-corrected chi connectivity index (χ3v) is 6.88. The Hall–Kier alpha value is -3.81. The van der Waals surface area contributed by atoms with E-state index in [1.807, 2.05) is 24.4 Å². The van der Waals surface area contributed by atoms with Crippen LogP contribution in [0.1, 0.15) is 56.0 Å². The number of aromatic nitrogens is 7. The lowest BCUT2D eigenvalue weighted by molar-refractivity contribution is 0.470. The zero-order valence-corrected chi connectivity index (χ0v) is 18.2. The number of rotatable bonds is 0. The van der Waals surface area contributed by atoms with E-state index >= 15 is 0 Å². The van der Waals surface area contributed by atoms with E-state index in [9.17, 15) is 0 Å². The highest BCUT2D eigenvalue weighted by Crippen LogP contribution is 2.47. The molecule has 7 rings (SSSR count). The summed E-state index contributed by atoms with van der Waals surface area (Å²) in [5, 5.41) is 11.1. The third-order valence-electron chi connectivity index (χ3n) is 6.88. The molecule has 0 bridgehead atoms. The summed E-state index contributed by atoms with van der Waals surface area (Å²) in [5.41, 5.74) is 9.98. The summed E-state index contributed by atoms with van der Waals surface area (Å²) in [6.45, 7) is 8.63. The summed E-state index contributed by atoms with van der Waals surface area (Å²) >= 11 is 0. The Morgan fingerprint density at radius 3 is 1.62 bits per heavy atom. The summed E-state index contributed by atoms with van der Waals surface area (Å²) in [6, 6.07) is 8.05. The van der Waals surface area contributed by atoms with Gasteiger partial charge in [0.15, 0.2) is 0 Å². The maximum atomic E-state index is 5.15. The Morgan fingerprint density at radius 1 is 0.625 bits per heavy atom. The maximum Gasteiger partial charge on any atom is 0.115 e. The highest BCUT2D eigenvalue weighted by atomic mass is 15.3. The molecule has 0 saturated carbocycles. The number of nitrogens with one attached hydrogen (secondary N) is 1. The van der Waals surface area contributed by atoms with Gasteiger partial charge in [-0.15, -0.1) is 0 Å². The second-order valence-corrected chi connectivity index (χ2v) is 9.73. The molecule has 0 spiro atoms. The average molecular weight is 420 g/mol. The Balaban J connectivity index is 1.55. The predicted octanol–water partition coefficient (Wildman–Crippen LogP) is 4.07. The highest BCUT2D eigenvalue weighted by molar-refractivity contribution is 5.91. The van der Waals surface area contributed by atoms with Gasteiger partial charge in [0.05, 0.1) is 61.4 Å². The molecule has 1 aliphatic heterocycles. The van der Waals surface area contributed by atoms with Crippen molar-refractivity contribution in [2.24, 2.45) is 4.99 Å². The van der Waals surface area contributed by atoms with Crippen LogP contribution in [0.2, 0.25) is 0 Å². The number of H-pyrrole nitrogens is 1. The summed E-state index contributed by atoms with van der Waals surface area (Å²) < 4.78 is 0. The van der Waals surface area contributed by atoms with Gasteiger partial charge in [-0.1, -0.05) is 0 Å². The van der Waals surface area contributed by atoms with Crippen molar-refractivity contribution in [2.75, 3.05) is 0 Å². The molecule has 0 saturated heterocycles. The number of nitrogens with zero attached hydrogens (tertiary/aromatic N) is 7. The molecule has 1 aliphatic carbocycles. The van der Waals surface area contributed by atoms with Crippen LogP contribution in [0.5, 0.6) is 0 Å². The monoisotopic (exact) mass is 420 g/mol. The van der Waals surface area contributed by atoms with Crippen LogP contribution in [0, 0.1) is 0 Å². The first kappa shape index (κ1) is 17.8. The molecule has 4 heterocycles. The lowest BCUT2D eigenvalue weighted by Crippen LogP contribution is -2.40. The molecule has 2 aromatic carbocycles. The second kappa shape index (κ2) is 5.51. The number of aromatic amines is 1. The van der Waals surface area contributed by atoms with Crippen molar-refractivity contribution in [3.63, 3.8) is 0 Å². The van der Waals surface area contributed by atoms with Crippen molar-refractivity contribution in [1.29, 1.82) is 0 Å². The van der Waals surface area contributed by atoms with Crippen LogP contribution < -0.4 is 0 Å². The van der Waals surface area contributed by atoms with Crippen LogP contribution in [0.4, 0.5) is 5.69 Å². The fraction of sp³-hybridized carbons (Fsp3) is 0.292. The second-order valence-electron chi connectivity index (χ2n) is 9.73. The predicted molar refractivity (Wildman–Crippen MR) is 123 cm³/mol. The van der Waals surface area contributed by atoms with Gasteiger partial charge in [-0.05, 0) is 57.5 Å². The van der Waals surface area contributed by atoms with Gasteiger partial charge >= 0.3 is 0 Å². The zero-order chi connectivity index (χ0) is 21.8. The molecule has 8 heteroatoms. The van der Waals surface area contributed by atoms with Gasteiger partial charge in [-0.25, -0.2) is 19.9 Å². The van der Waals surface area contributed by atoms with E-state index in [1.165, 1.54) is 5.56 Å². The van der Waals surface area contributed by atoms with Gasteiger partial charge in [-0.3, -0.25) is 4.99 Å². The molecule has 5 aromatic rings. The van der Waals surface area contributed by atoms with E-state index in [4.69, 9.17) is 19.9 Å². The standard InChI is InChI=1S/C24H20N8/c1-23(2)19-20(27-14-8-12-11(5-6-25-12)7-13(14)26-19)24(3,4)22-21(23)28-15-9-17-18(31-32-30-17)10-16(15)29-22/h6-10H,5H2,1-4H3,(H,30,31,32). The molecular weight excluding hydrogens is 400 g/mol. The molecule has 0 fully saturated rings. The molecule has 32 heavy (non-hydrogen) atoms. The van der Waals surface area contributed by atoms with Crippen LogP contribution in [0.15, 0.2) is 29.3 Å². The van der Waals surface area contributed by atoms with Crippen LogP contribution in [-0.4, -0.2) is 41.6 Å². The molecule has 0 amide bonds. The molecule has 0 atom stereocenters. The zero-order valence-electron chi connectivity index (χ0n) is 18.2. The Morgan fingerprint density at radius 2 is 1.09 bits per heavy atom. The summed E-state index contributed by atoms with van der Waals surface area (Å²) in [5.74, 6) is 0. The van der Waals surface area contributed by atoms with Crippen molar-refractivity contribution >= 4 is 45.0 Å². The van der Waals surface area contributed by atoms with Crippen molar-refractivity contribution in [3.8, 4) is 0 Å². The summed E-state index contributed by atoms with van der Waals surface area (Å²) in [4.78, 5) is 25.0. The van der Waals surface area contributed by atoms with Crippen LogP contribution in [0.3, 0.4) is 0 Å². The van der Waals surface area contributed by atoms with Crippen LogP contribution >= 0.6 is 0 Å². The van der Waals surface area contributed by atoms with Gasteiger partial charge in [0, 0.05) is 12.6 Å². The molecule has 2 aliphatic rings. The van der Waals surface area contributed by atoms with Crippen molar-refractivity contribution in [3.05, 3.63) is 52.6 Å². The normalized spacial score (nSPS) is 17.6. The number of hydrogen-bond acceptors (Lipinski definition) is 7. The molecule has 0 unspecified atom stereocenters. The van der Waals surface area contributed by atoms with Crippen molar-refractivity contribution in [2.45, 2.75) is 44.9 Å². The smallest absolute Gasteiger partial charge is 0.115 e. The Kier molecular flexibility index (Phi) is 3.07. The van der Waals surface area contributed by atoms with Gasteiger partial charge in [0.25, 0.3) is 0 Å². The maximum absolute atomic E-state index is 5.15. The van der Waals surface area contributed by atoms with E-state index in [2.05, 4.69) is 54.2 Å². The van der Waals surface area contributed by atoms with Crippen LogP contribution in [0.25, 0.3) is 33.1 Å². The molecule has 0 radical (unpaired) electrons. The first-order chi connectivity index (χ1) is 15.3. The fourth-order valence-electron chi connectivity index (χ4n) is 5.02. The molecule has 8 nitrogen and oxygen atoms in total. The minimum Gasteiger partial charge on any atom is -0.261 e. The fourth-order valence-corrected chi connectivity index (χ4v) is 5.02. The van der Waals surface area contributed by atoms with E-state index in [0.29, 0.717) is 0 Å². The van der Waals surface area contributed by atoms with E-state index in [0.717, 1.165) is 68.0 Å². The van der Waals surface area contributed by atoms with Crippen LogP contribution in [-0.2, 0) is 17.3 Å². The Bertz CT molecular complexity index is 1660. The van der Waals surface area contributed by atoms with Crippen molar-refractivity contribution in [1.82, 2.24) is 35.3 Å². The molecule has 1 N–H and O–H groups in total. The minimum atomic E-state index is -0.455.